The predicted octanol–water partition coefficient (Wildman–Crippen LogP) is 4.09. The summed E-state index contributed by atoms with van der Waals surface area (Å²) in [5, 5.41) is 2.44. The highest BCUT2D eigenvalue weighted by molar-refractivity contribution is 8.00. The van der Waals surface area contributed by atoms with Gasteiger partial charge in [-0.15, -0.1) is 11.8 Å². The van der Waals surface area contributed by atoms with Gasteiger partial charge < -0.3 is 10.2 Å². The Bertz CT molecular complexity index is 868. The molecular weight excluding hydrogens is 365 g/mol. The lowest BCUT2D eigenvalue weighted by atomic mass is 10.1. The molecule has 0 unspecified atom stereocenters. The van der Waals surface area contributed by atoms with Crippen molar-refractivity contribution >= 4 is 35.0 Å². The normalized spacial score (nSPS) is 14.2. The second-order valence-corrected chi connectivity index (χ2v) is 6.83. The predicted molar refractivity (Wildman–Crippen MR) is 94.3 cm³/mol. The highest BCUT2D eigenvalue weighted by atomic mass is 32.2. The molecule has 0 saturated heterocycles. The molecule has 0 aromatic heterocycles. The lowest BCUT2D eigenvalue weighted by Gasteiger charge is -2.28. The fourth-order valence-corrected chi connectivity index (χ4v) is 3.61. The quantitative estimate of drug-likeness (QED) is 0.873. The maximum Gasteiger partial charge on any atom is 0.416 e. The van der Waals surface area contributed by atoms with E-state index in [1.54, 1.807) is 12.1 Å². The molecule has 0 aliphatic carbocycles. The summed E-state index contributed by atoms with van der Waals surface area (Å²) in [6.07, 6.45) is -4.50. The van der Waals surface area contributed by atoms with Crippen molar-refractivity contribution in [2.75, 3.05) is 22.5 Å². The number of amides is 2. The molecule has 3 rings (SSSR count). The van der Waals surface area contributed by atoms with Crippen LogP contribution in [0.5, 0.6) is 0 Å². The smallest absolute Gasteiger partial charge is 0.325 e. The van der Waals surface area contributed by atoms with Crippen LogP contribution in [0.1, 0.15) is 11.1 Å². The van der Waals surface area contributed by atoms with E-state index in [-0.39, 0.29) is 29.5 Å². The minimum atomic E-state index is -4.50. The molecule has 0 bridgehead atoms. The summed E-state index contributed by atoms with van der Waals surface area (Å²) in [6, 6.07) is 10.8. The van der Waals surface area contributed by atoms with Crippen molar-refractivity contribution in [1.29, 1.82) is 0 Å². The molecule has 0 fully saturated rings. The number of thioether (sulfide) groups is 1. The van der Waals surface area contributed by atoms with Gasteiger partial charge in [0, 0.05) is 10.6 Å². The van der Waals surface area contributed by atoms with Crippen molar-refractivity contribution in [3.05, 3.63) is 53.6 Å². The number of alkyl halides is 3. The first-order valence-corrected chi connectivity index (χ1v) is 8.74. The number of rotatable bonds is 3. The number of nitrogens with zero attached hydrogens (tertiary/aromatic N) is 1. The molecule has 0 radical (unpaired) electrons. The van der Waals surface area contributed by atoms with Gasteiger partial charge in [0.1, 0.15) is 6.54 Å². The van der Waals surface area contributed by atoms with Gasteiger partial charge in [-0.25, -0.2) is 0 Å². The summed E-state index contributed by atoms with van der Waals surface area (Å²) in [6.45, 7) is 1.10. The van der Waals surface area contributed by atoms with E-state index in [9.17, 15) is 22.8 Å². The maximum absolute atomic E-state index is 13.0. The Labute approximate surface area is 152 Å². The Hall–Kier alpha value is -2.48. The molecule has 2 amide bonds. The number of nitrogens with one attached hydrogen (secondary N) is 1. The number of aryl methyl sites for hydroxylation is 1. The summed E-state index contributed by atoms with van der Waals surface area (Å²) >= 11 is 1.39. The summed E-state index contributed by atoms with van der Waals surface area (Å²) in [4.78, 5) is 26.7. The molecule has 26 heavy (non-hydrogen) atoms. The number of fused-ring (bicyclic) bond motifs is 1. The molecular formula is C18H15F3N2O2S. The average molecular weight is 380 g/mol. The van der Waals surface area contributed by atoms with Crippen molar-refractivity contribution in [2.24, 2.45) is 0 Å². The first-order valence-electron chi connectivity index (χ1n) is 7.75. The molecule has 0 atom stereocenters. The molecule has 8 heteroatoms. The van der Waals surface area contributed by atoms with Crippen molar-refractivity contribution in [1.82, 2.24) is 0 Å². The van der Waals surface area contributed by atoms with Crippen LogP contribution >= 0.6 is 11.8 Å². The fraction of sp³-hybridized carbons (Fsp3) is 0.222. The lowest BCUT2D eigenvalue weighted by Crippen LogP contribution is -2.41. The van der Waals surface area contributed by atoms with Crippen molar-refractivity contribution < 1.29 is 22.8 Å². The summed E-state index contributed by atoms with van der Waals surface area (Å²) in [5.41, 5.74) is -0.0532. The van der Waals surface area contributed by atoms with Gasteiger partial charge in [0.25, 0.3) is 0 Å². The molecule has 0 spiro atoms. The molecule has 4 nitrogen and oxygen atoms in total. The number of hydrogen-bond acceptors (Lipinski definition) is 3. The summed E-state index contributed by atoms with van der Waals surface area (Å²) in [5.74, 6) is -0.562. The van der Waals surface area contributed by atoms with Gasteiger partial charge in [-0.05, 0) is 36.8 Å². The third-order valence-corrected chi connectivity index (χ3v) is 4.98. The van der Waals surface area contributed by atoms with Crippen molar-refractivity contribution in [3.8, 4) is 0 Å². The SMILES string of the molecule is Cc1ccc(NC(=O)CN2C(=O)CSc3ccccc32)cc1C(F)(F)F. The number of hydrogen-bond donors (Lipinski definition) is 1. The number of carbonyl (C=O) groups excluding carboxylic acids is 2. The Balaban J connectivity index is 1.77. The van der Waals surface area contributed by atoms with E-state index in [0.717, 1.165) is 11.0 Å². The van der Waals surface area contributed by atoms with Crippen molar-refractivity contribution in [3.63, 3.8) is 0 Å². The number of para-hydroxylation sites is 1. The van der Waals surface area contributed by atoms with Crippen LogP contribution in [-0.2, 0) is 15.8 Å². The Kier molecular flexibility index (Phi) is 4.95. The van der Waals surface area contributed by atoms with E-state index < -0.39 is 17.6 Å². The monoisotopic (exact) mass is 380 g/mol. The zero-order valence-electron chi connectivity index (χ0n) is 13.8. The van der Waals surface area contributed by atoms with Crippen LogP contribution in [0.2, 0.25) is 0 Å². The largest absolute Gasteiger partial charge is 0.416 e. The third kappa shape index (κ3) is 3.85. The second kappa shape index (κ2) is 7.03. The molecule has 136 valence electrons. The number of halogens is 3. The molecule has 1 heterocycles. The third-order valence-electron chi connectivity index (χ3n) is 3.94. The number of benzene rings is 2. The maximum atomic E-state index is 13.0. The average Bonchev–Trinajstić information content (AvgIpc) is 2.58. The highest BCUT2D eigenvalue weighted by Crippen LogP contribution is 2.35. The van der Waals surface area contributed by atoms with Crippen LogP contribution in [0.15, 0.2) is 47.4 Å². The van der Waals surface area contributed by atoms with Gasteiger partial charge in [-0.3, -0.25) is 9.59 Å². The molecule has 1 aliphatic heterocycles. The van der Waals surface area contributed by atoms with Crippen LogP contribution in [0.25, 0.3) is 0 Å². The number of anilines is 2. The zero-order chi connectivity index (χ0) is 18.9. The molecule has 1 aliphatic rings. The lowest BCUT2D eigenvalue weighted by molar-refractivity contribution is -0.138. The molecule has 2 aromatic rings. The fourth-order valence-electron chi connectivity index (χ4n) is 2.68. The number of carbonyl (C=O) groups is 2. The Morgan fingerprint density at radius 1 is 1.23 bits per heavy atom. The van der Waals surface area contributed by atoms with Crippen LogP contribution in [0, 0.1) is 6.92 Å². The van der Waals surface area contributed by atoms with E-state index >= 15 is 0 Å². The minimum Gasteiger partial charge on any atom is -0.325 e. The first kappa shape index (κ1) is 18.3. The van der Waals surface area contributed by atoms with Crippen LogP contribution < -0.4 is 10.2 Å². The Morgan fingerprint density at radius 3 is 2.69 bits per heavy atom. The zero-order valence-corrected chi connectivity index (χ0v) is 14.6. The van der Waals surface area contributed by atoms with E-state index in [1.165, 1.54) is 35.7 Å². The van der Waals surface area contributed by atoms with Gasteiger partial charge in [0.05, 0.1) is 17.0 Å². The van der Waals surface area contributed by atoms with Crippen LogP contribution in [-0.4, -0.2) is 24.1 Å². The van der Waals surface area contributed by atoms with E-state index in [2.05, 4.69) is 5.32 Å². The summed E-state index contributed by atoms with van der Waals surface area (Å²) in [7, 11) is 0. The van der Waals surface area contributed by atoms with Gasteiger partial charge in [-0.1, -0.05) is 18.2 Å². The molecule has 2 aromatic carbocycles. The van der Waals surface area contributed by atoms with E-state index in [0.29, 0.717) is 5.69 Å². The highest BCUT2D eigenvalue weighted by Gasteiger charge is 2.32. The molecule has 1 N–H and O–H groups in total. The van der Waals surface area contributed by atoms with Crippen LogP contribution in [0.4, 0.5) is 24.5 Å². The minimum absolute atomic E-state index is 0.0417. The van der Waals surface area contributed by atoms with Gasteiger partial charge in [-0.2, -0.15) is 13.2 Å². The van der Waals surface area contributed by atoms with Crippen LogP contribution in [0.3, 0.4) is 0 Å². The molecule has 0 saturated carbocycles. The first-order chi connectivity index (χ1) is 12.3. The summed E-state index contributed by atoms with van der Waals surface area (Å²) < 4.78 is 39.0. The Morgan fingerprint density at radius 2 is 1.96 bits per heavy atom. The standard InChI is InChI=1S/C18H15F3N2O2S/c1-11-6-7-12(8-13(11)18(19,20)21)22-16(24)9-23-14-4-2-3-5-15(14)26-10-17(23)25/h2-8H,9-10H2,1H3,(H,22,24). The van der Waals surface area contributed by atoms with Crippen molar-refractivity contribution in [2.45, 2.75) is 18.0 Å². The van der Waals surface area contributed by atoms with E-state index in [4.69, 9.17) is 0 Å². The van der Waals surface area contributed by atoms with Gasteiger partial charge in [0.15, 0.2) is 0 Å². The second-order valence-electron chi connectivity index (χ2n) is 5.81. The topological polar surface area (TPSA) is 49.4 Å². The van der Waals surface area contributed by atoms with E-state index in [1.807, 2.05) is 12.1 Å². The van der Waals surface area contributed by atoms with Gasteiger partial charge in [0.2, 0.25) is 11.8 Å². The van der Waals surface area contributed by atoms with Gasteiger partial charge >= 0.3 is 6.18 Å².